The molecular formula is C12H7F3N2. The van der Waals surface area contributed by atoms with Gasteiger partial charge in [-0.3, -0.25) is 4.98 Å². The fourth-order valence-corrected chi connectivity index (χ4v) is 1.62. The third kappa shape index (κ3) is 1.94. The van der Waals surface area contributed by atoms with Gasteiger partial charge in [0.25, 0.3) is 0 Å². The van der Waals surface area contributed by atoms with Crippen LogP contribution in [0.5, 0.6) is 0 Å². The molecule has 0 bridgehead atoms. The van der Waals surface area contributed by atoms with Crippen molar-refractivity contribution in [1.29, 1.82) is 5.26 Å². The average Bonchev–Trinajstić information content (AvgIpc) is 2.28. The molecule has 2 aromatic rings. The maximum atomic E-state index is 12.5. The minimum absolute atomic E-state index is 0.247. The molecule has 0 saturated heterocycles. The van der Waals surface area contributed by atoms with E-state index in [1.165, 1.54) is 12.3 Å². The molecule has 0 spiro atoms. The molecule has 0 radical (unpaired) electrons. The van der Waals surface area contributed by atoms with E-state index in [2.05, 4.69) is 4.98 Å². The molecule has 0 saturated carbocycles. The number of nitrogens with zero attached hydrogens (tertiary/aromatic N) is 2. The highest BCUT2D eigenvalue weighted by atomic mass is 19.4. The van der Waals surface area contributed by atoms with E-state index in [4.69, 9.17) is 5.26 Å². The highest BCUT2D eigenvalue weighted by Gasteiger charge is 2.30. The Balaban J connectivity index is 2.71. The van der Waals surface area contributed by atoms with Crippen LogP contribution in [0.4, 0.5) is 13.2 Å². The fraction of sp³-hybridized carbons (Fsp3) is 0.167. The Morgan fingerprint density at radius 1 is 1.29 bits per heavy atom. The summed E-state index contributed by atoms with van der Waals surface area (Å²) in [7, 11) is 0. The fourth-order valence-electron chi connectivity index (χ4n) is 1.62. The first-order valence-corrected chi connectivity index (χ1v) is 4.80. The topological polar surface area (TPSA) is 36.7 Å². The minimum atomic E-state index is -4.38. The van der Waals surface area contributed by atoms with Crippen molar-refractivity contribution in [2.75, 3.05) is 0 Å². The molecule has 1 heterocycles. The lowest BCUT2D eigenvalue weighted by Gasteiger charge is -2.08. The maximum Gasteiger partial charge on any atom is 0.416 e. The van der Waals surface area contributed by atoms with Gasteiger partial charge in [-0.15, -0.1) is 0 Å². The van der Waals surface area contributed by atoms with Crippen LogP contribution in [0.25, 0.3) is 10.9 Å². The maximum absolute atomic E-state index is 12.5. The smallest absolute Gasteiger partial charge is 0.255 e. The van der Waals surface area contributed by atoms with Crippen LogP contribution in [0, 0.1) is 18.3 Å². The molecule has 0 fully saturated rings. The zero-order chi connectivity index (χ0) is 12.6. The quantitative estimate of drug-likeness (QED) is 0.702. The third-order valence-electron chi connectivity index (χ3n) is 2.59. The summed E-state index contributed by atoms with van der Waals surface area (Å²) in [6, 6.07) is 5.28. The molecule has 86 valence electrons. The lowest BCUT2D eigenvalue weighted by atomic mass is 10.0. The summed E-state index contributed by atoms with van der Waals surface area (Å²) in [5.41, 5.74) is 0.529. The number of hydrogen-bond donors (Lipinski definition) is 0. The molecule has 0 N–H and O–H groups in total. The Bertz CT molecular complexity index is 624. The molecule has 5 heteroatoms. The number of benzene rings is 1. The highest BCUT2D eigenvalue weighted by Crippen LogP contribution is 2.31. The predicted molar refractivity (Wildman–Crippen MR) is 56.2 cm³/mol. The van der Waals surface area contributed by atoms with Crippen molar-refractivity contribution in [2.45, 2.75) is 13.1 Å². The lowest BCUT2D eigenvalue weighted by molar-refractivity contribution is -0.137. The summed E-state index contributed by atoms with van der Waals surface area (Å²) in [6.07, 6.45) is -3.09. The van der Waals surface area contributed by atoms with Gasteiger partial charge in [0.15, 0.2) is 0 Å². The molecule has 2 rings (SSSR count). The van der Waals surface area contributed by atoms with Gasteiger partial charge in [-0.05, 0) is 24.6 Å². The van der Waals surface area contributed by atoms with Crippen molar-refractivity contribution in [3.8, 4) is 6.07 Å². The molecule has 0 aliphatic heterocycles. The van der Waals surface area contributed by atoms with Gasteiger partial charge >= 0.3 is 6.18 Å². The lowest BCUT2D eigenvalue weighted by Crippen LogP contribution is -2.04. The number of aryl methyl sites for hydroxylation is 1. The Hall–Kier alpha value is -2.09. The largest absolute Gasteiger partial charge is 0.416 e. The molecular weight excluding hydrogens is 229 g/mol. The second-order valence-corrected chi connectivity index (χ2v) is 3.64. The van der Waals surface area contributed by atoms with Gasteiger partial charge in [-0.25, -0.2) is 0 Å². The zero-order valence-electron chi connectivity index (χ0n) is 8.84. The molecule has 0 atom stereocenters. The summed E-state index contributed by atoms with van der Waals surface area (Å²) in [4.78, 5) is 3.86. The van der Waals surface area contributed by atoms with Crippen LogP contribution in [0.1, 0.15) is 16.7 Å². The van der Waals surface area contributed by atoms with Crippen molar-refractivity contribution >= 4 is 10.9 Å². The van der Waals surface area contributed by atoms with Gasteiger partial charge < -0.3 is 0 Å². The van der Waals surface area contributed by atoms with Crippen molar-refractivity contribution in [3.63, 3.8) is 0 Å². The summed E-state index contributed by atoms with van der Waals surface area (Å²) in [5, 5.41) is 9.36. The van der Waals surface area contributed by atoms with Gasteiger partial charge in [0, 0.05) is 11.6 Å². The predicted octanol–water partition coefficient (Wildman–Crippen LogP) is 3.43. The minimum Gasteiger partial charge on any atom is -0.255 e. The molecule has 1 aromatic carbocycles. The number of nitriles is 1. The number of fused-ring (bicyclic) bond motifs is 1. The Labute approximate surface area is 95.3 Å². The number of pyridine rings is 1. The van der Waals surface area contributed by atoms with Crippen LogP contribution in [-0.4, -0.2) is 4.98 Å². The first-order chi connectivity index (χ1) is 7.93. The molecule has 17 heavy (non-hydrogen) atoms. The second kappa shape index (κ2) is 3.74. The monoisotopic (exact) mass is 236 g/mol. The van der Waals surface area contributed by atoms with Crippen molar-refractivity contribution in [2.24, 2.45) is 0 Å². The van der Waals surface area contributed by atoms with Crippen LogP contribution >= 0.6 is 0 Å². The van der Waals surface area contributed by atoms with E-state index in [1.807, 2.05) is 6.07 Å². The van der Waals surface area contributed by atoms with Crippen molar-refractivity contribution < 1.29 is 13.2 Å². The third-order valence-corrected chi connectivity index (χ3v) is 2.59. The SMILES string of the molecule is Cc1c(C#N)cnc2cc(C(F)(F)F)ccc12. The van der Waals surface area contributed by atoms with Crippen LogP contribution in [0.15, 0.2) is 24.4 Å². The van der Waals surface area contributed by atoms with Crippen LogP contribution in [0.2, 0.25) is 0 Å². The summed E-state index contributed by atoms with van der Waals surface area (Å²) >= 11 is 0. The van der Waals surface area contributed by atoms with Gasteiger partial charge in [0.2, 0.25) is 0 Å². The molecule has 0 aliphatic rings. The van der Waals surface area contributed by atoms with Gasteiger partial charge in [-0.2, -0.15) is 18.4 Å². The summed E-state index contributed by atoms with van der Waals surface area (Å²) in [6.45, 7) is 1.69. The zero-order valence-corrected chi connectivity index (χ0v) is 8.84. The highest BCUT2D eigenvalue weighted by molar-refractivity contribution is 5.84. The van der Waals surface area contributed by atoms with E-state index in [1.54, 1.807) is 6.92 Å². The number of halogens is 3. The Morgan fingerprint density at radius 2 is 2.00 bits per heavy atom. The van der Waals surface area contributed by atoms with Crippen molar-refractivity contribution in [1.82, 2.24) is 4.98 Å². The number of alkyl halides is 3. The number of aromatic nitrogens is 1. The molecule has 0 amide bonds. The van der Waals surface area contributed by atoms with Gasteiger partial charge in [0.1, 0.15) is 6.07 Å². The number of hydrogen-bond acceptors (Lipinski definition) is 2. The van der Waals surface area contributed by atoms with E-state index in [0.29, 0.717) is 16.5 Å². The normalized spacial score (nSPS) is 11.5. The Morgan fingerprint density at radius 3 is 2.59 bits per heavy atom. The molecule has 1 aromatic heterocycles. The van der Waals surface area contributed by atoms with Gasteiger partial charge in [0.05, 0.1) is 16.6 Å². The first kappa shape index (κ1) is 11.4. The first-order valence-electron chi connectivity index (χ1n) is 4.80. The summed E-state index contributed by atoms with van der Waals surface area (Å²) in [5.74, 6) is 0. The van der Waals surface area contributed by atoms with E-state index in [-0.39, 0.29) is 5.52 Å². The van der Waals surface area contributed by atoms with Crippen molar-refractivity contribution in [3.05, 3.63) is 41.1 Å². The van der Waals surface area contributed by atoms with E-state index in [9.17, 15) is 13.2 Å². The van der Waals surface area contributed by atoms with Crippen LogP contribution < -0.4 is 0 Å². The van der Waals surface area contributed by atoms with Crippen LogP contribution in [-0.2, 0) is 6.18 Å². The van der Waals surface area contributed by atoms with Gasteiger partial charge in [-0.1, -0.05) is 6.07 Å². The van der Waals surface area contributed by atoms with Crippen LogP contribution in [0.3, 0.4) is 0 Å². The average molecular weight is 236 g/mol. The summed E-state index contributed by atoms with van der Waals surface area (Å²) < 4.78 is 37.4. The van der Waals surface area contributed by atoms with E-state index >= 15 is 0 Å². The standard InChI is InChI=1S/C12H7F3N2/c1-7-8(5-16)6-17-11-4-9(12(13,14)15)2-3-10(7)11/h2-4,6H,1H3. The van der Waals surface area contributed by atoms with E-state index in [0.717, 1.165) is 12.1 Å². The molecule has 0 aliphatic carbocycles. The number of rotatable bonds is 0. The molecule has 0 unspecified atom stereocenters. The van der Waals surface area contributed by atoms with E-state index < -0.39 is 11.7 Å². The molecule has 2 nitrogen and oxygen atoms in total. The Kier molecular flexibility index (Phi) is 2.50. The second-order valence-electron chi connectivity index (χ2n) is 3.64.